The van der Waals surface area contributed by atoms with Gasteiger partial charge in [0.2, 0.25) is 0 Å². The first-order valence-corrected chi connectivity index (χ1v) is 10.4. The second-order valence-electron chi connectivity index (χ2n) is 7.01. The highest BCUT2D eigenvalue weighted by Gasteiger charge is 2.36. The van der Waals surface area contributed by atoms with Crippen molar-refractivity contribution in [3.63, 3.8) is 0 Å². The summed E-state index contributed by atoms with van der Waals surface area (Å²) < 4.78 is 28.1. The van der Waals surface area contributed by atoms with Gasteiger partial charge in [-0.25, -0.2) is 8.42 Å². The molecule has 1 fully saturated rings. The zero-order valence-corrected chi connectivity index (χ0v) is 15.6. The summed E-state index contributed by atoms with van der Waals surface area (Å²) in [5.74, 6) is -0.0885. The first-order chi connectivity index (χ1) is 12.5. The van der Waals surface area contributed by atoms with E-state index in [1.807, 2.05) is 31.2 Å². The van der Waals surface area contributed by atoms with E-state index in [2.05, 4.69) is 0 Å². The van der Waals surface area contributed by atoms with Gasteiger partial charge in [-0.1, -0.05) is 24.3 Å². The van der Waals surface area contributed by atoms with Gasteiger partial charge in [0.15, 0.2) is 0 Å². The van der Waals surface area contributed by atoms with Gasteiger partial charge in [0, 0.05) is 24.7 Å². The molecule has 0 N–H and O–H groups in total. The predicted molar refractivity (Wildman–Crippen MR) is 101 cm³/mol. The molecule has 1 atom stereocenters. The molecule has 2 aliphatic heterocycles. The van der Waals surface area contributed by atoms with Crippen LogP contribution in [0.25, 0.3) is 0 Å². The predicted octanol–water partition coefficient (Wildman–Crippen LogP) is 3.06. The SMILES string of the molecule is CC1Cc2ccccc2N1S(=O)(=O)c1cccc(C(=O)N2CCCC2)c1. The second kappa shape index (κ2) is 6.43. The molecule has 4 rings (SSSR count). The number of benzene rings is 2. The van der Waals surface area contributed by atoms with E-state index in [0.29, 0.717) is 12.0 Å². The molecule has 0 spiro atoms. The summed E-state index contributed by atoms with van der Waals surface area (Å²) in [6.45, 7) is 3.40. The molecule has 1 amide bonds. The number of likely N-dealkylation sites (tertiary alicyclic amines) is 1. The fourth-order valence-corrected chi connectivity index (χ4v) is 5.65. The summed E-state index contributed by atoms with van der Waals surface area (Å²) in [5.41, 5.74) is 2.21. The highest BCUT2D eigenvalue weighted by atomic mass is 32.2. The van der Waals surface area contributed by atoms with Crippen LogP contribution < -0.4 is 4.31 Å². The lowest BCUT2D eigenvalue weighted by Crippen LogP contribution is -2.36. The van der Waals surface area contributed by atoms with Crippen LogP contribution in [0.4, 0.5) is 5.69 Å². The molecule has 0 aromatic heterocycles. The summed E-state index contributed by atoms with van der Waals surface area (Å²) in [6, 6.07) is 13.9. The fraction of sp³-hybridized carbons (Fsp3) is 0.350. The Bertz CT molecular complexity index is 949. The summed E-state index contributed by atoms with van der Waals surface area (Å²) >= 11 is 0. The zero-order valence-electron chi connectivity index (χ0n) is 14.8. The number of carbonyl (C=O) groups is 1. The molecule has 136 valence electrons. The fourth-order valence-electron chi connectivity index (χ4n) is 3.91. The Labute approximate surface area is 154 Å². The first kappa shape index (κ1) is 17.1. The molecular weight excluding hydrogens is 348 g/mol. The summed E-state index contributed by atoms with van der Waals surface area (Å²) in [7, 11) is -3.72. The number of nitrogens with zero attached hydrogens (tertiary/aromatic N) is 2. The van der Waals surface area contributed by atoms with E-state index < -0.39 is 10.0 Å². The van der Waals surface area contributed by atoms with Gasteiger partial charge in [0.25, 0.3) is 15.9 Å². The number of amides is 1. The molecule has 0 saturated carbocycles. The van der Waals surface area contributed by atoms with Crippen LogP contribution in [0.15, 0.2) is 53.4 Å². The molecule has 5 nitrogen and oxygen atoms in total. The van der Waals surface area contributed by atoms with Crippen LogP contribution in [-0.4, -0.2) is 38.4 Å². The maximum absolute atomic E-state index is 13.3. The van der Waals surface area contributed by atoms with Crippen LogP contribution in [0, 0.1) is 0 Å². The monoisotopic (exact) mass is 370 g/mol. The molecule has 2 aromatic rings. The van der Waals surface area contributed by atoms with Gasteiger partial charge in [-0.3, -0.25) is 9.10 Å². The number of hydrogen-bond acceptors (Lipinski definition) is 3. The van der Waals surface area contributed by atoms with Crippen molar-refractivity contribution >= 4 is 21.6 Å². The van der Waals surface area contributed by atoms with Gasteiger partial charge in [0.05, 0.1) is 10.6 Å². The Hall–Kier alpha value is -2.34. The number of sulfonamides is 1. The Balaban J connectivity index is 1.71. The van der Waals surface area contributed by atoms with Crippen molar-refractivity contribution in [2.75, 3.05) is 17.4 Å². The Kier molecular flexibility index (Phi) is 4.23. The third-order valence-electron chi connectivity index (χ3n) is 5.18. The van der Waals surface area contributed by atoms with Crippen molar-refractivity contribution in [1.82, 2.24) is 4.90 Å². The average molecular weight is 370 g/mol. The Morgan fingerprint density at radius 1 is 1.04 bits per heavy atom. The largest absolute Gasteiger partial charge is 0.339 e. The smallest absolute Gasteiger partial charge is 0.264 e. The van der Waals surface area contributed by atoms with E-state index >= 15 is 0 Å². The van der Waals surface area contributed by atoms with Gasteiger partial charge in [-0.05, 0) is 56.0 Å². The molecule has 0 aliphatic carbocycles. The number of carbonyl (C=O) groups excluding carboxylic acids is 1. The molecule has 6 heteroatoms. The average Bonchev–Trinajstić information content (AvgIpc) is 3.28. The Morgan fingerprint density at radius 3 is 2.54 bits per heavy atom. The van der Waals surface area contributed by atoms with E-state index in [9.17, 15) is 13.2 Å². The highest BCUT2D eigenvalue weighted by molar-refractivity contribution is 7.92. The van der Waals surface area contributed by atoms with Crippen LogP contribution in [0.2, 0.25) is 0 Å². The number of hydrogen-bond donors (Lipinski definition) is 0. The number of fused-ring (bicyclic) bond motifs is 1. The minimum atomic E-state index is -3.72. The molecule has 2 aromatic carbocycles. The molecule has 2 heterocycles. The van der Waals surface area contributed by atoms with E-state index in [1.54, 1.807) is 23.1 Å². The normalized spacial score (nSPS) is 19.7. The first-order valence-electron chi connectivity index (χ1n) is 9.00. The summed E-state index contributed by atoms with van der Waals surface area (Å²) in [6.07, 6.45) is 2.71. The number of anilines is 1. The van der Waals surface area contributed by atoms with Gasteiger partial charge in [-0.2, -0.15) is 0 Å². The third-order valence-corrected chi connectivity index (χ3v) is 7.10. The van der Waals surface area contributed by atoms with Crippen LogP contribution in [0.1, 0.15) is 35.7 Å². The maximum Gasteiger partial charge on any atom is 0.264 e. The van der Waals surface area contributed by atoms with Crippen LogP contribution in [-0.2, 0) is 16.4 Å². The number of rotatable bonds is 3. The molecule has 1 saturated heterocycles. The minimum absolute atomic E-state index is 0.0885. The summed E-state index contributed by atoms with van der Waals surface area (Å²) in [4.78, 5) is 14.6. The van der Waals surface area contributed by atoms with Gasteiger partial charge >= 0.3 is 0 Å². The third kappa shape index (κ3) is 2.78. The van der Waals surface area contributed by atoms with Crippen molar-refractivity contribution in [2.45, 2.75) is 37.1 Å². The van der Waals surface area contributed by atoms with Gasteiger partial charge in [-0.15, -0.1) is 0 Å². The van der Waals surface area contributed by atoms with Crippen LogP contribution >= 0.6 is 0 Å². The topological polar surface area (TPSA) is 57.7 Å². The minimum Gasteiger partial charge on any atom is -0.339 e. The molecule has 26 heavy (non-hydrogen) atoms. The maximum atomic E-state index is 13.3. The van der Waals surface area contributed by atoms with Crippen molar-refractivity contribution in [3.8, 4) is 0 Å². The molecule has 1 unspecified atom stereocenters. The van der Waals surface area contributed by atoms with Crippen molar-refractivity contribution in [1.29, 1.82) is 0 Å². The Morgan fingerprint density at radius 2 is 1.77 bits per heavy atom. The lowest BCUT2D eigenvalue weighted by molar-refractivity contribution is 0.0792. The van der Waals surface area contributed by atoms with Gasteiger partial charge in [0.1, 0.15) is 0 Å². The standard InChI is InChI=1S/C20H22N2O3S/c1-15-13-16-7-2-3-10-19(16)22(15)26(24,25)18-9-6-8-17(14-18)20(23)21-11-4-5-12-21/h2-3,6-10,14-15H,4-5,11-13H2,1H3. The van der Waals surface area contributed by atoms with Crippen molar-refractivity contribution in [3.05, 3.63) is 59.7 Å². The molecule has 0 radical (unpaired) electrons. The van der Waals surface area contributed by atoms with E-state index in [4.69, 9.17) is 0 Å². The van der Waals surface area contributed by atoms with Crippen molar-refractivity contribution < 1.29 is 13.2 Å². The van der Waals surface area contributed by atoms with Crippen LogP contribution in [0.3, 0.4) is 0 Å². The van der Waals surface area contributed by atoms with Crippen LogP contribution in [0.5, 0.6) is 0 Å². The van der Waals surface area contributed by atoms with E-state index in [0.717, 1.165) is 37.2 Å². The van der Waals surface area contributed by atoms with E-state index in [-0.39, 0.29) is 16.8 Å². The summed E-state index contributed by atoms with van der Waals surface area (Å²) in [5, 5.41) is 0. The molecular formula is C20H22N2O3S. The second-order valence-corrected chi connectivity index (χ2v) is 8.82. The lowest BCUT2D eigenvalue weighted by Gasteiger charge is -2.25. The highest BCUT2D eigenvalue weighted by Crippen LogP contribution is 2.36. The van der Waals surface area contributed by atoms with Gasteiger partial charge < -0.3 is 4.90 Å². The quantitative estimate of drug-likeness (QED) is 0.834. The van der Waals surface area contributed by atoms with Crippen molar-refractivity contribution in [2.24, 2.45) is 0 Å². The lowest BCUT2D eigenvalue weighted by atomic mass is 10.1. The zero-order chi connectivity index (χ0) is 18.3. The molecule has 2 aliphatic rings. The van der Waals surface area contributed by atoms with E-state index in [1.165, 1.54) is 10.4 Å². The molecule has 0 bridgehead atoms. The number of para-hydroxylation sites is 1.